The molecule has 0 N–H and O–H groups in total. The van der Waals surface area contributed by atoms with Crippen molar-refractivity contribution in [2.75, 3.05) is 0 Å². The highest BCUT2D eigenvalue weighted by Gasteiger charge is 2.26. The highest BCUT2D eigenvalue weighted by Crippen LogP contribution is 2.27. The summed E-state index contributed by atoms with van der Waals surface area (Å²) in [4.78, 5) is 0. The van der Waals surface area contributed by atoms with Crippen LogP contribution < -0.4 is 0 Å². The fourth-order valence-corrected chi connectivity index (χ4v) is 2.34. The van der Waals surface area contributed by atoms with Gasteiger partial charge >= 0.3 is 0 Å². The second kappa shape index (κ2) is 5.74. The molecule has 1 aromatic carbocycles. The van der Waals surface area contributed by atoms with Gasteiger partial charge in [0.25, 0.3) is 0 Å². The topological polar surface area (TPSA) is 35.4 Å². The van der Waals surface area contributed by atoms with Crippen LogP contribution in [0.2, 0.25) is 5.02 Å². The van der Waals surface area contributed by atoms with Gasteiger partial charge in [0.15, 0.2) is 0 Å². The predicted octanol–water partition coefficient (Wildman–Crippen LogP) is 4.29. The summed E-state index contributed by atoms with van der Waals surface area (Å²) in [6.07, 6.45) is 1.57. The third-order valence-electron chi connectivity index (χ3n) is 2.12. The Bertz CT molecular complexity index is 443. The van der Waals surface area contributed by atoms with Crippen molar-refractivity contribution in [3.63, 3.8) is 0 Å². The van der Waals surface area contributed by atoms with Gasteiger partial charge in [-0.2, -0.15) is 0 Å². The summed E-state index contributed by atoms with van der Waals surface area (Å²) in [5.74, 6) is 0. The van der Waals surface area contributed by atoms with Gasteiger partial charge in [0.1, 0.15) is 16.1 Å². The van der Waals surface area contributed by atoms with E-state index in [1.54, 1.807) is 6.21 Å². The Morgan fingerprint density at radius 2 is 2.00 bits per heavy atom. The van der Waals surface area contributed by atoms with Gasteiger partial charge in [0.05, 0.1) is 11.2 Å². The normalized spacial score (nSPS) is 14.3. The van der Waals surface area contributed by atoms with E-state index >= 15 is 0 Å². The highest BCUT2D eigenvalue weighted by molar-refractivity contribution is 9.10. The zero-order valence-electron chi connectivity index (χ0n) is 10.3. The molecule has 0 amide bonds. The summed E-state index contributed by atoms with van der Waals surface area (Å²) < 4.78 is 16.4. The van der Waals surface area contributed by atoms with Crippen LogP contribution in [0.5, 0.6) is 0 Å². The van der Waals surface area contributed by atoms with Crippen molar-refractivity contribution in [2.24, 2.45) is 4.40 Å². The van der Waals surface area contributed by atoms with Gasteiger partial charge in [-0.15, -0.1) is 0 Å². The lowest BCUT2D eigenvalue weighted by Gasteiger charge is -2.17. The minimum absolute atomic E-state index is 0.362. The van der Waals surface area contributed by atoms with E-state index in [0.29, 0.717) is 5.02 Å². The minimum Gasteiger partial charge on any atom is -0.591 e. The standard InChI is InChI=1S/C12H15BrClNOS/c1-8-5-6-10(14)9(11(8)13)7-15-17(16)12(2,3)4/h5-7H,1-4H3/t17-/m0/s1. The van der Waals surface area contributed by atoms with Crippen LogP contribution in [0, 0.1) is 6.92 Å². The molecule has 1 atom stereocenters. The van der Waals surface area contributed by atoms with E-state index in [9.17, 15) is 4.55 Å². The molecule has 0 radical (unpaired) electrons. The second-order valence-electron chi connectivity index (χ2n) is 4.69. The molecule has 5 heteroatoms. The van der Waals surface area contributed by atoms with E-state index in [4.69, 9.17) is 11.6 Å². The minimum atomic E-state index is -1.27. The average molecular weight is 337 g/mol. The van der Waals surface area contributed by atoms with Gasteiger partial charge in [-0.3, -0.25) is 0 Å². The molecule has 2 nitrogen and oxygen atoms in total. The molecule has 0 aromatic heterocycles. The van der Waals surface area contributed by atoms with Gasteiger partial charge < -0.3 is 4.55 Å². The van der Waals surface area contributed by atoms with Crippen LogP contribution in [0.1, 0.15) is 31.9 Å². The van der Waals surface area contributed by atoms with Crippen LogP contribution in [0.25, 0.3) is 0 Å². The first-order chi connectivity index (χ1) is 7.73. The molecule has 0 bridgehead atoms. The summed E-state index contributed by atoms with van der Waals surface area (Å²) in [6, 6.07) is 3.73. The molecule has 0 heterocycles. The van der Waals surface area contributed by atoms with E-state index in [2.05, 4.69) is 20.3 Å². The van der Waals surface area contributed by atoms with Crippen molar-refractivity contribution < 1.29 is 4.55 Å². The summed E-state index contributed by atoms with van der Waals surface area (Å²) in [6.45, 7) is 7.62. The predicted molar refractivity (Wildman–Crippen MR) is 79.4 cm³/mol. The van der Waals surface area contributed by atoms with E-state index in [1.165, 1.54) is 0 Å². The van der Waals surface area contributed by atoms with Crippen LogP contribution in [0.4, 0.5) is 0 Å². The Morgan fingerprint density at radius 1 is 1.41 bits per heavy atom. The molecule has 0 unspecified atom stereocenters. The fraction of sp³-hybridized carbons (Fsp3) is 0.417. The van der Waals surface area contributed by atoms with E-state index in [1.807, 2.05) is 39.8 Å². The molecule has 1 aromatic rings. The summed E-state index contributed by atoms with van der Waals surface area (Å²) in [7, 11) is 0. The third-order valence-corrected chi connectivity index (χ3v) is 4.85. The van der Waals surface area contributed by atoms with Crippen LogP contribution in [0.3, 0.4) is 0 Å². The lowest BCUT2D eigenvalue weighted by molar-refractivity contribution is 0.562. The Labute approximate surface area is 119 Å². The zero-order valence-corrected chi connectivity index (χ0v) is 13.4. The Balaban J connectivity index is 3.04. The fourth-order valence-electron chi connectivity index (χ4n) is 1.06. The molecule has 17 heavy (non-hydrogen) atoms. The highest BCUT2D eigenvalue weighted by atomic mass is 79.9. The van der Waals surface area contributed by atoms with Crippen LogP contribution >= 0.6 is 27.5 Å². The first-order valence-electron chi connectivity index (χ1n) is 5.14. The maximum atomic E-state index is 11.8. The molecule has 1 rings (SSSR count). The lowest BCUT2D eigenvalue weighted by atomic mass is 10.1. The molecule has 0 saturated carbocycles. The SMILES string of the molecule is Cc1ccc(Cl)c(C=N[S@@+]([O-])C(C)(C)C)c1Br. The van der Waals surface area contributed by atoms with Crippen molar-refractivity contribution in [1.29, 1.82) is 0 Å². The van der Waals surface area contributed by atoms with E-state index < -0.39 is 11.4 Å². The van der Waals surface area contributed by atoms with Gasteiger partial charge in [0.2, 0.25) is 0 Å². The van der Waals surface area contributed by atoms with Crippen LogP contribution in [0.15, 0.2) is 21.0 Å². The average Bonchev–Trinajstić information content (AvgIpc) is 2.22. The molecule has 0 aliphatic carbocycles. The maximum absolute atomic E-state index is 11.8. The maximum Gasteiger partial charge on any atom is 0.144 e. The van der Waals surface area contributed by atoms with E-state index in [0.717, 1.165) is 15.6 Å². The van der Waals surface area contributed by atoms with Gasteiger partial charge in [-0.1, -0.05) is 22.1 Å². The van der Waals surface area contributed by atoms with Crippen LogP contribution in [-0.4, -0.2) is 15.5 Å². The molecular formula is C12H15BrClNOS. The molecule has 0 spiro atoms. The molecule has 0 saturated heterocycles. The number of hydrogen-bond acceptors (Lipinski definition) is 2. The molecule has 0 fully saturated rings. The van der Waals surface area contributed by atoms with Crippen molar-refractivity contribution in [1.82, 2.24) is 0 Å². The van der Waals surface area contributed by atoms with E-state index in [-0.39, 0.29) is 4.75 Å². The first kappa shape index (κ1) is 15.0. The summed E-state index contributed by atoms with van der Waals surface area (Å²) >= 11 is 8.26. The summed E-state index contributed by atoms with van der Waals surface area (Å²) in [5, 5.41) is 0.595. The third kappa shape index (κ3) is 3.98. The first-order valence-corrected chi connectivity index (χ1v) is 7.42. The molecule has 0 aliphatic rings. The largest absolute Gasteiger partial charge is 0.591 e. The Kier molecular flexibility index (Phi) is 5.07. The number of benzene rings is 1. The van der Waals surface area contributed by atoms with Crippen molar-refractivity contribution in [3.05, 3.63) is 32.8 Å². The van der Waals surface area contributed by atoms with Crippen molar-refractivity contribution >= 4 is 45.1 Å². The quantitative estimate of drug-likeness (QED) is 0.586. The van der Waals surface area contributed by atoms with Crippen LogP contribution in [-0.2, 0) is 11.4 Å². The number of halogens is 2. The summed E-state index contributed by atoms with van der Waals surface area (Å²) in [5.41, 5.74) is 1.83. The zero-order chi connectivity index (χ0) is 13.2. The monoisotopic (exact) mass is 335 g/mol. The number of aryl methyl sites for hydroxylation is 1. The molecule has 94 valence electrons. The van der Waals surface area contributed by atoms with Gasteiger partial charge in [-0.25, -0.2) is 0 Å². The Hall–Kier alpha value is -0.0300. The second-order valence-corrected chi connectivity index (χ2v) is 7.82. The lowest BCUT2D eigenvalue weighted by Crippen LogP contribution is -2.25. The molecular weight excluding hydrogens is 322 g/mol. The van der Waals surface area contributed by atoms with Crippen molar-refractivity contribution in [2.45, 2.75) is 32.4 Å². The van der Waals surface area contributed by atoms with Gasteiger partial charge in [-0.05, 0) is 55.3 Å². The number of hydrogen-bond donors (Lipinski definition) is 0. The smallest absolute Gasteiger partial charge is 0.144 e. The number of rotatable bonds is 2. The molecule has 0 aliphatic heterocycles. The Morgan fingerprint density at radius 3 is 2.53 bits per heavy atom. The van der Waals surface area contributed by atoms with Crippen molar-refractivity contribution in [3.8, 4) is 0 Å². The van der Waals surface area contributed by atoms with Gasteiger partial charge in [0, 0.05) is 10.0 Å². The number of nitrogens with zero attached hydrogens (tertiary/aromatic N) is 1.